The Hall–Kier alpha value is -2.45. The van der Waals surface area contributed by atoms with Crippen molar-refractivity contribution in [2.45, 2.75) is 70.2 Å². The van der Waals surface area contributed by atoms with Crippen LogP contribution in [-0.2, 0) is 20.9 Å². The maximum Gasteiger partial charge on any atom is 0.255 e. The van der Waals surface area contributed by atoms with Gasteiger partial charge in [0.05, 0.1) is 13.2 Å². The smallest absolute Gasteiger partial charge is 0.255 e. The van der Waals surface area contributed by atoms with Gasteiger partial charge >= 0.3 is 0 Å². The largest absolute Gasteiger partial charge is 0.489 e. The Morgan fingerprint density at radius 2 is 2.09 bits per heavy atom. The highest BCUT2D eigenvalue weighted by molar-refractivity contribution is 6.02. The standard InChI is InChI=1S/C25H33N3O5/c1-2-5-21(23(30)26-16-29)28-11-17-10-18(8-9-19(17)24(28)31)33-22-7-4-3-6-20(22)27-12-25(13-27)14-32-15-25/h8-10,16,20-22H,2-7,11-15H2,1H3,(H,26,29,30). The van der Waals surface area contributed by atoms with Crippen molar-refractivity contribution >= 4 is 18.2 Å². The SMILES string of the molecule is CCCC(C(=O)NC=O)N1Cc2cc(OC3CCCCC3N3CC4(COC4)C3)ccc2C1=O. The maximum absolute atomic E-state index is 13.0. The van der Waals surface area contributed by atoms with Gasteiger partial charge in [-0.15, -0.1) is 0 Å². The summed E-state index contributed by atoms with van der Waals surface area (Å²) in [6.07, 6.45) is 6.37. The molecule has 5 rings (SSSR count). The van der Waals surface area contributed by atoms with Crippen LogP contribution in [-0.4, -0.2) is 72.5 Å². The second-order valence-corrected chi connectivity index (χ2v) is 10.1. The molecule has 8 heteroatoms. The van der Waals surface area contributed by atoms with E-state index in [1.165, 1.54) is 12.8 Å². The lowest BCUT2D eigenvalue weighted by Gasteiger charge is -2.58. The Labute approximate surface area is 194 Å². The lowest BCUT2D eigenvalue weighted by atomic mass is 9.75. The van der Waals surface area contributed by atoms with Crippen LogP contribution in [0.1, 0.15) is 61.4 Å². The van der Waals surface area contributed by atoms with Crippen molar-refractivity contribution in [3.8, 4) is 5.75 Å². The number of fused-ring (bicyclic) bond motifs is 1. The van der Waals surface area contributed by atoms with Gasteiger partial charge in [0.25, 0.3) is 5.91 Å². The molecule has 8 nitrogen and oxygen atoms in total. The number of amides is 3. The maximum atomic E-state index is 13.0. The highest BCUT2D eigenvalue weighted by Crippen LogP contribution is 2.42. The molecule has 3 aliphatic heterocycles. The summed E-state index contributed by atoms with van der Waals surface area (Å²) < 4.78 is 11.9. The van der Waals surface area contributed by atoms with Gasteiger partial charge in [0, 0.05) is 36.7 Å². The molecule has 1 N–H and O–H groups in total. The highest BCUT2D eigenvalue weighted by Gasteiger charge is 2.52. The van der Waals surface area contributed by atoms with Crippen LogP contribution in [0.2, 0.25) is 0 Å². The van der Waals surface area contributed by atoms with E-state index in [4.69, 9.17) is 9.47 Å². The van der Waals surface area contributed by atoms with Crippen LogP contribution < -0.4 is 10.1 Å². The van der Waals surface area contributed by atoms with E-state index in [9.17, 15) is 14.4 Å². The van der Waals surface area contributed by atoms with Crippen LogP contribution in [0.25, 0.3) is 0 Å². The second kappa shape index (κ2) is 9.06. The average molecular weight is 456 g/mol. The minimum Gasteiger partial charge on any atom is -0.489 e. The van der Waals surface area contributed by atoms with Crippen molar-refractivity contribution in [1.82, 2.24) is 15.1 Å². The minimum atomic E-state index is -0.651. The summed E-state index contributed by atoms with van der Waals surface area (Å²) in [6, 6.07) is 5.43. The number of imide groups is 1. The van der Waals surface area contributed by atoms with Crippen molar-refractivity contribution in [2.75, 3.05) is 26.3 Å². The summed E-state index contributed by atoms with van der Waals surface area (Å²) in [5, 5.41) is 2.21. The third-order valence-electron chi connectivity index (χ3n) is 7.67. The van der Waals surface area contributed by atoms with Gasteiger partial charge in [-0.1, -0.05) is 19.8 Å². The lowest BCUT2D eigenvalue weighted by molar-refractivity contribution is -0.207. The Morgan fingerprint density at radius 1 is 1.30 bits per heavy atom. The van der Waals surface area contributed by atoms with E-state index < -0.39 is 11.9 Å². The van der Waals surface area contributed by atoms with E-state index in [0.717, 1.165) is 56.9 Å². The van der Waals surface area contributed by atoms with E-state index in [1.807, 2.05) is 25.1 Å². The van der Waals surface area contributed by atoms with Gasteiger partial charge in [-0.25, -0.2) is 0 Å². The Balaban J connectivity index is 1.27. The molecule has 178 valence electrons. The Morgan fingerprint density at radius 3 is 2.79 bits per heavy atom. The molecule has 1 aromatic carbocycles. The predicted octanol–water partition coefficient (Wildman–Crippen LogP) is 2.11. The first-order valence-corrected chi connectivity index (χ1v) is 12.2. The first kappa shape index (κ1) is 22.3. The Kier molecular flexibility index (Phi) is 6.14. The average Bonchev–Trinajstić information content (AvgIpc) is 3.07. The summed E-state index contributed by atoms with van der Waals surface area (Å²) in [7, 11) is 0. The zero-order chi connectivity index (χ0) is 23.0. The number of nitrogens with one attached hydrogen (secondary N) is 1. The molecular weight excluding hydrogens is 422 g/mol. The quantitative estimate of drug-likeness (QED) is 0.604. The fraction of sp³-hybridized carbons (Fsp3) is 0.640. The molecule has 3 atom stereocenters. The van der Waals surface area contributed by atoms with Gasteiger partial charge in [0.15, 0.2) is 0 Å². The topological polar surface area (TPSA) is 88.2 Å². The zero-order valence-corrected chi connectivity index (χ0v) is 19.3. The van der Waals surface area contributed by atoms with Gasteiger partial charge in [-0.3, -0.25) is 24.6 Å². The van der Waals surface area contributed by atoms with Crippen LogP contribution in [0, 0.1) is 5.41 Å². The fourth-order valence-electron chi connectivity index (χ4n) is 5.93. The van der Waals surface area contributed by atoms with Crippen molar-refractivity contribution < 1.29 is 23.9 Å². The molecule has 3 heterocycles. The lowest BCUT2D eigenvalue weighted by Crippen LogP contribution is -2.70. The number of hydrogen-bond acceptors (Lipinski definition) is 6. The molecule has 3 fully saturated rings. The van der Waals surface area contributed by atoms with Crippen LogP contribution in [0.3, 0.4) is 0 Å². The van der Waals surface area contributed by atoms with Gasteiger partial charge in [-0.05, 0) is 49.4 Å². The summed E-state index contributed by atoms with van der Waals surface area (Å²) in [4.78, 5) is 40.3. The first-order chi connectivity index (χ1) is 16.0. The molecular formula is C25H33N3O5. The van der Waals surface area contributed by atoms with Crippen LogP contribution in [0.4, 0.5) is 0 Å². The molecule has 0 radical (unpaired) electrons. The van der Waals surface area contributed by atoms with Gasteiger partial charge in [0.1, 0.15) is 17.9 Å². The second-order valence-electron chi connectivity index (χ2n) is 10.1. The highest BCUT2D eigenvalue weighted by atomic mass is 16.5. The number of rotatable bonds is 8. The molecule has 0 bridgehead atoms. The van der Waals surface area contributed by atoms with E-state index in [0.29, 0.717) is 36.4 Å². The normalized spacial score (nSPS) is 26.8. The van der Waals surface area contributed by atoms with Crippen LogP contribution in [0.15, 0.2) is 18.2 Å². The van der Waals surface area contributed by atoms with Gasteiger partial charge < -0.3 is 14.4 Å². The number of likely N-dealkylation sites (tertiary alicyclic amines) is 1. The molecule has 1 aliphatic carbocycles. The van der Waals surface area contributed by atoms with Crippen LogP contribution in [0.5, 0.6) is 5.75 Å². The third kappa shape index (κ3) is 4.15. The predicted molar refractivity (Wildman–Crippen MR) is 121 cm³/mol. The monoisotopic (exact) mass is 455 g/mol. The molecule has 33 heavy (non-hydrogen) atoms. The summed E-state index contributed by atoms with van der Waals surface area (Å²) >= 11 is 0. The van der Waals surface area contributed by atoms with Crippen molar-refractivity contribution in [3.63, 3.8) is 0 Å². The molecule has 4 aliphatic rings. The van der Waals surface area contributed by atoms with E-state index in [2.05, 4.69) is 10.2 Å². The van der Waals surface area contributed by atoms with E-state index >= 15 is 0 Å². The summed E-state index contributed by atoms with van der Waals surface area (Å²) in [5.74, 6) is 0.186. The zero-order valence-electron chi connectivity index (χ0n) is 19.3. The van der Waals surface area contributed by atoms with Gasteiger partial charge in [0.2, 0.25) is 12.3 Å². The molecule has 3 amide bonds. The molecule has 0 aromatic heterocycles. The molecule has 1 spiro atoms. The first-order valence-electron chi connectivity index (χ1n) is 12.2. The molecule has 3 unspecified atom stereocenters. The van der Waals surface area contributed by atoms with Crippen molar-refractivity contribution in [2.24, 2.45) is 5.41 Å². The molecule has 2 saturated heterocycles. The number of hydrogen-bond donors (Lipinski definition) is 1. The number of ether oxygens (including phenoxy) is 2. The van der Waals surface area contributed by atoms with Crippen LogP contribution >= 0.6 is 0 Å². The van der Waals surface area contributed by atoms with E-state index in [-0.39, 0.29) is 12.0 Å². The number of nitrogens with zero attached hydrogens (tertiary/aromatic N) is 2. The number of carbonyl (C=O) groups excluding carboxylic acids is 3. The molecule has 1 saturated carbocycles. The Bertz CT molecular complexity index is 923. The minimum absolute atomic E-state index is 0.148. The molecule has 1 aromatic rings. The fourth-order valence-corrected chi connectivity index (χ4v) is 5.93. The number of carbonyl (C=O) groups is 3. The van der Waals surface area contributed by atoms with Gasteiger partial charge in [-0.2, -0.15) is 0 Å². The van der Waals surface area contributed by atoms with Crippen molar-refractivity contribution in [1.29, 1.82) is 0 Å². The van der Waals surface area contributed by atoms with Crippen molar-refractivity contribution in [3.05, 3.63) is 29.3 Å². The summed E-state index contributed by atoms with van der Waals surface area (Å²) in [5.41, 5.74) is 1.88. The number of benzene rings is 1. The van der Waals surface area contributed by atoms with E-state index in [1.54, 1.807) is 4.90 Å². The summed E-state index contributed by atoms with van der Waals surface area (Å²) in [6.45, 7) is 6.30. The third-order valence-corrected chi connectivity index (χ3v) is 7.67.